The number of nitrogens with zero attached hydrogens (tertiary/aromatic N) is 1. The predicted molar refractivity (Wildman–Crippen MR) is 84.7 cm³/mol. The van der Waals surface area contributed by atoms with Gasteiger partial charge in [-0.2, -0.15) is 0 Å². The lowest BCUT2D eigenvalue weighted by Crippen LogP contribution is -2.20. The molecule has 0 N–H and O–H groups in total. The van der Waals surface area contributed by atoms with Gasteiger partial charge in [-0.05, 0) is 60.1 Å². The van der Waals surface area contributed by atoms with Crippen LogP contribution in [0.15, 0.2) is 15.0 Å². The molecular weight excluding hydrogens is 358 g/mol. The van der Waals surface area contributed by atoms with E-state index in [9.17, 15) is 0 Å². The highest BCUT2D eigenvalue weighted by molar-refractivity contribution is 9.11. The van der Waals surface area contributed by atoms with Crippen LogP contribution in [0.1, 0.15) is 30.9 Å². The zero-order valence-corrected chi connectivity index (χ0v) is 14.9. The number of benzene rings is 1. The minimum absolute atomic E-state index is 0.438. The largest absolute Gasteiger partial charge is 0.491 e. The monoisotopic (exact) mass is 377 g/mol. The Labute approximate surface area is 127 Å². The van der Waals surface area contributed by atoms with Crippen molar-refractivity contribution in [2.24, 2.45) is 0 Å². The molecule has 0 unspecified atom stereocenters. The average molecular weight is 379 g/mol. The van der Waals surface area contributed by atoms with Gasteiger partial charge in [0.1, 0.15) is 12.4 Å². The Morgan fingerprint density at radius 3 is 2.39 bits per heavy atom. The highest BCUT2D eigenvalue weighted by Gasteiger charge is 2.16. The van der Waals surface area contributed by atoms with Crippen molar-refractivity contribution < 1.29 is 4.74 Å². The number of ether oxygens (including phenoxy) is 1. The molecule has 0 heterocycles. The van der Waals surface area contributed by atoms with Crippen LogP contribution in [0.2, 0.25) is 0 Å². The molecule has 2 nitrogen and oxygen atoms in total. The summed E-state index contributed by atoms with van der Waals surface area (Å²) < 4.78 is 8.14. The molecule has 0 aromatic heterocycles. The van der Waals surface area contributed by atoms with E-state index in [4.69, 9.17) is 4.74 Å². The van der Waals surface area contributed by atoms with E-state index >= 15 is 0 Å². The summed E-state index contributed by atoms with van der Waals surface area (Å²) in [7, 11) is 4.10. The number of hydrogen-bond acceptors (Lipinski definition) is 2. The molecule has 0 atom stereocenters. The third-order valence-electron chi connectivity index (χ3n) is 2.84. The van der Waals surface area contributed by atoms with Gasteiger partial charge in [0.05, 0.1) is 4.47 Å². The molecule has 0 radical (unpaired) electrons. The lowest BCUT2D eigenvalue weighted by molar-refractivity contribution is 0.257. The average Bonchev–Trinajstić information content (AvgIpc) is 2.28. The first-order valence-electron chi connectivity index (χ1n) is 6.10. The minimum Gasteiger partial charge on any atom is -0.491 e. The molecule has 0 aliphatic rings. The van der Waals surface area contributed by atoms with E-state index in [1.807, 2.05) is 0 Å². The summed E-state index contributed by atoms with van der Waals surface area (Å²) >= 11 is 7.25. The van der Waals surface area contributed by atoms with Crippen LogP contribution in [0.25, 0.3) is 0 Å². The van der Waals surface area contributed by atoms with Crippen molar-refractivity contribution in [2.45, 2.75) is 26.7 Å². The Morgan fingerprint density at radius 1 is 1.28 bits per heavy atom. The molecule has 18 heavy (non-hydrogen) atoms. The Morgan fingerprint density at radius 2 is 1.89 bits per heavy atom. The van der Waals surface area contributed by atoms with Crippen LogP contribution in [0.5, 0.6) is 5.75 Å². The third-order valence-corrected chi connectivity index (χ3v) is 4.62. The van der Waals surface area contributed by atoms with Gasteiger partial charge >= 0.3 is 0 Å². The topological polar surface area (TPSA) is 12.5 Å². The molecule has 1 rings (SSSR count). The number of rotatable bonds is 5. The van der Waals surface area contributed by atoms with Gasteiger partial charge in [0, 0.05) is 11.0 Å². The second kappa shape index (κ2) is 6.92. The lowest BCUT2D eigenvalue weighted by Gasteiger charge is -2.19. The fraction of sp³-hybridized carbons (Fsp3) is 0.571. The van der Waals surface area contributed by atoms with Crippen molar-refractivity contribution in [1.29, 1.82) is 0 Å². The van der Waals surface area contributed by atoms with Gasteiger partial charge in [-0.3, -0.25) is 0 Å². The normalized spacial score (nSPS) is 11.4. The molecule has 0 amide bonds. The number of hydrogen-bond donors (Lipinski definition) is 0. The maximum Gasteiger partial charge on any atom is 0.137 e. The maximum atomic E-state index is 5.97. The highest BCUT2D eigenvalue weighted by Crippen LogP contribution is 2.40. The molecule has 0 bridgehead atoms. The molecule has 0 fully saturated rings. The second-order valence-electron chi connectivity index (χ2n) is 5.02. The smallest absolute Gasteiger partial charge is 0.137 e. The Balaban J connectivity index is 3.03. The standard InChI is InChI=1S/C14H21Br2NO/c1-9(2)11-8-12(15)10(3)13(16)14(11)18-7-6-17(4)5/h8-9H,6-7H2,1-5H3. The Hall–Kier alpha value is -0.0600. The van der Waals surface area contributed by atoms with Crippen molar-refractivity contribution in [3.63, 3.8) is 0 Å². The van der Waals surface area contributed by atoms with Gasteiger partial charge in [0.2, 0.25) is 0 Å². The van der Waals surface area contributed by atoms with E-state index in [1.54, 1.807) is 0 Å². The third kappa shape index (κ3) is 3.97. The van der Waals surface area contributed by atoms with Crippen molar-refractivity contribution >= 4 is 31.9 Å². The first-order chi connectivity index (χ1) is 8.34. The summed E-state index contributed by atoms with van der Waals surface area (Å²) in [6.07, 6.45) is 0. The summed E-state index contributed by atoms with van der Waals surface area (Å²) in [5.41, 5.74) is 2.41. The summed E-state index contributed by atoms with van der Waals surface area (Å²) in [5.74, 6) is 1.42. The first-order valence-corrected chi connectivity index (χ1v) is 7.69. The fourth-order valence-corrected chi connectivity index (χ4v) is 2.89. The zero-order chi connectivity index (χ0) is 13.9. The molecular formula is C14H21Br2NO. The second-order valence-corrected chi connectivity index (χ2v) is 6.67. The van der Waals surface area contributed by atoms with E-state index in [1.165, 1.54) is 11.1 Å². The molecule has 4 heteroatoms. The summed E-state index contributed by atoms with van der Waals surface area (Å²) in [6, 6.07) is 2.16. The number of halogens is 2. The molecule has 102 valence electrons. The molecule has 0 aliphatic heterocycles. The van der Waals surface area contributed by atoms with Gasteiger partial charge in [0.15, 0.2) is 0 Å². The van der Waals surface area contributed by atoms with E-state index in [2.05, 4.69) is 77.7 Å². The molecule has 1 aromatic rings. The predicted octanol–water partition coefficient (Wildman–Crippen LogP) is 4.58. The van der Waals surface area contributed by atoms with Crippen LogP contribution >= 0.6 is 31.9 Å². The fourth-order valence-electron chi connectivity index (χ4n) is 1.62. The van der Waals surface area contributed by atoms with Gasteiger partial charge in [-0.15, -0.1) is 0 Å². The van der Waals surface area contributed by atoms with Crippen molar-refractivity contribution in [2.75, 3.05) is 27.2 Å². The van der Waals surface area contributed by atoms with E-state index in [0.717, 1.165) is 21.2 Å². The lowest BCUT2D eigenvalue weighted by atomic mass is 10.0. The molecule has 0 saturated carbocycles. The van der Waals surface area contributed by atoms with E-state index in [-0.39, 0.29) is 0 Å². The zero-order valence-electron chi connectivity index (χ0n) is 11.7. The van der Waals surface area contributed by atoms with Crippen LogP contribution in [-0.2, 0) is 0 Å². The quantitative estimate of drug-likeness (QED) is 0.743. The minimum atomic E-state index is 0.438. The summed E-state index contributed by atoms with van der Waals surface area (Å²) in [5, 5.41) is 0. The van der Waals surface area contributed by atoms with Crippen LogP contribution in [0, 0.1) is 6.92 Å². The Bertz CT molecular complexity index is 417. The molecule has 0 spiro atoms. The van der Waals surface area contributed by atoms with E-state index in [0.29, 0.717) is 12.5 Å². The van der Waals surface area contributed by atoms with Crippen LogP contribution in [0.4, 0.5) is 0 Å². The van der Waals surface area contributed by atoms with Crippen molar-refractivity contribution in [3.05, 3.63) is 26.1 Å². The molecule has 0 saturated heterocycles. The van der Waals surface area contributed by atoms with Gasteiger partial charge in [-0.25, -0.2) is 0 Å². The highest BCUT2D eigenvalue weighted by atomic mass is 79.9. The molecule has 0 aliphatic carbocycles. The van der Waals surface area contributed by atoms with Crippen LogP contribution < -0.4 is 4.74 Å². The summed E-state index contributed by atoms with van der Waals surface area (Å²) in [6.45, 7) is 8.06. The van der Waals surface area contributed by atoms with E-state index < -0.39 is 0 Å². The van der Waals surface area contributed by atoms with Gasteiger partial charge in [0.25, 0.3) is 0 Å². The number of likely N-dealkylation sites (N-methyl/N-ethyl adjacent to an activating group) is 1. The maximum absolute atomic E-state index is 5.97. The van der Waals surface area contributed by atoms with Crippen molar-refractivity contribution in [3.8, 4) is 5.75 Å². The van der Waals surface area contributed by atoms with Crippen LogP contribution in [-0.4, -0.2) is 32.1 Å². The molecule has 1 aromatic carbocycles. The SMILES string of the molecule is Cc1c(Br)cc(C(C)C)c(OCCN(C)C)c1Br. The van der Waals surface area contributed by atoms with Crippen molar-refractivity contribution in [1.82, 2.24) is 4.90 Å². The van der Waals surface area contributed by atoms with Gasteiger partial charge < -0.3 is 9.64 Å². The Kier molecular flexibility index (Phi) is 6.15. The van der Waals surface area contributed by atoms with Gasteiger partial charge in [-0.1, -0.05) is 29.8 Å². The van der Waals surface area contributed by atoms with Crippen LogP contribution in [0.3, 0.4) is 0 Å². The summed E-state index contributed by atoms with van der Waals surface area (Å²) in [4.78, 5) is 2.12. The first kappa shape index (κ1) is 16.0.